The van der Waals surface area contributed by atoms with Gasteiger partial charge < -0.3 is 10.6 Å². The lowest BCUT2D eigenvalue weighted by atomic mass is 9.92. The van der Waals surface area contributed by atoms with Crippen LogP contribution in [0.1, 0.15) is 31.9 Å². The van der Waals surface area contributed by atoms with Crippen LogP contribution in [-0.2, 0) is 6.42 Å². The van der Waals surface area contributed by atoms with E-state index in [1.807, 2.05) is 6.07 Å². The highest BCUT2D eigenvalue weighted by Crippen LogP contribution is 2.36. The highest BCUT2D eigenvalue weighted by molar-refractivity contribution is 6.28. The number of allylic oxidation sites excluding steroid dienone is 1. The van der Waals surface area contributed by atoms with Gasteiger partial charge in [0, 0.05) is 0 Å². The third-order valence-corrected chi connectivity index (χ3v) is 4.82. The Balaban J connectivity index is 1.78. The Morgan fingerprint density at radius 3 is 2.62 bits per heavy atom. The molecule has 0 radical (unpaired) electrons. The van der Waals surface area contributed by atoms with Gasteiger partial charge in [0.25, 0.3) is 0 Å². The SMILES string of the molecule is C=C(Nc1cnc(Cl)nc1)NC(C1=C(C)c2cc(F)ccc2C1)C(C)C. The third kappa shape index (κ3) is 3.88. The molecule has 1 aliphatic rings. The molecule has 0 bridgehead atoms. The summed E-state index contributed by atoms with van der Waals surface area (Å²) in [5.41, 5.74) is 5.26. The molecule has 0 fully saturated rings. The van der Waals surface area contributed by atoms with Gasteiger partial charge in [-0.15, -0.1) is 0 Å². The fourth-order valence-electron chi connectivity index (χ4n) is 3.34. The van der Waals surface area contributed by atoms with Crippen LogP contribution in [0.5, 0.6) is 0 Å². The average Bonchev–Trinajstić information content (AvgIpc) is 2.91. The maximum atomic E-state index is 13.6. The number of fused-ring (bicyclic) bond motifs is 1. The molecule has 0 spiro atoms. The molecular weight excluding hydrogens is 351 g/mol. The highest BCUT2D eigenvalue weighted by atomic mass is 35.5. The lowest BCUT2D eigenvalue weighted by Crippen LogP contribution is -2.37. The maximum absolute atomic E-state index is 13.6. The van der Waals surface area contributed by atoms with E-state index in [9.17, 15) is 4.39 Å². The number of benzene rings is 1. The predicted molar refractivity (Wildman–Crippen MR) is 104 cm³/mol. The standard InChI is InChI=1S/C20H22ClFN4/c1-11(2)19(26-13(4)25-16-9-23-20(21)24-10-16)18-7-14-5-6-15(22)8-17(14)12(18)3/h5-6,8-11,19,25-26H,4,7H2,1-3H3. The molecule has 0 aliphatic heterocycles. The molecule has 0 saturated heterocycles. The second kappa shape index (κ2) is 7.46. The molecule has 4 nitrogen and oxygen atoms in total. The summed E-state index contributed by atoms with van der Waals surface area (Å²) in [6, 6.07) is 5.09. The van der Waals surface area contributed by atoms with Crippen LogP contribution < -0.4 is 10.6 Å². The van der Waals surface area contributed by atoms with Crippen LogP contribution >= 0.6 is 11.6 Å². The van der Waals surface area contributed by atoms with E-state index < -0.39 is 0 Å². The predicted octanol–water partition coefficient (Wildman–Crippen LogP) is 4.80. The third-order valence-electron chi connectivity index (χ3n) is 4.63. The summed E-state index contributed by atoms with van der Waals surface area (Å²) in [6.45, 7) is 10.4. The Bertz CT molecular complexity index is 859. The molecule has 2 aromatic rings. The van der Waals surface area contributed by atoms with E-state index in [4.69, 9.17) is 11.6 Å². The second-order valence-electron chi connectivity index (χ2n) is 6.84. The van der Waals surface area contributed by atoms with Gasteiger partial charge in [-0.25, -0.2) is 14.4 Å². The van der Waals surface area contributed by atoms with E-state index >= 15 is 0 Å². The summed E-state index contributed by atoms with van der Waals surface area (Å²) in [7, 11) is 0. The van der Waals surface area contributed by atoms with Crippen molar-refractivity contribution < 1.29 is 4.39 Å². The Morgan fingerprint density at radius 1 is 1.27 bits per heavy atom. The highest BCUT2D eigenvalue weighted by Gasteiger charge is 2.27. The van der Waals surface area contributed by atoms with Crippen LogP contribution in [0, 0.1) is 11.7 Å². The first-order valence-electron chi connectivity index (χ1n) is 8.53. The van der Waals surface area contributed by atoms with E-state index in [0.29, 0.717) is 17.4 Å². The molecule has 1 unspecified atom stereocenters. The van der Waals surface area contributed by atoms with E-state index in [-0.39, 0.29) is 17.1 Å². The van der Waals surface area contributed by atoms with Crippen molar-refractivity contribution >= 4 is 22.9 Å². The second-order valence-corrected chi connectivity index (χ2v) is 7.18. The summed E-state index contributed by atoms with van der Waals surface area (Å²) in [5.74, 6) is 0.781. The first-order chi connectivity index (χ1) is 12.3. The molecule has 2 N–H and O–H groups in total. The van der Waals surface area contributed by atoms with Crippen LogP contribution in [-0.4, -0.2) is 16.0 Å². The van der Waals surface area contributed by atoms with Crippen molar-refractivity contribution in [2.45, 2.75) is 33.2 Å². The minimum absolute atomic E-state index is 0.0821. The van der Waals surface area contributed by atoms with Crippen molar-refractivity contribution in [3.63, 3.8) is 0 Å². The van der Waals surface area contributed by atoms with Gasteiger partial charge in [-0.05, 0) is 65.3 Å². The molecule has 0 saturated carbocycles. The molecule has 1 aliphatic carbocycles. The zero-order valence-corrected chi connectivity index (χ0v) is 15.9. The van der Waals surface area contributed by atoms with Crippen LogP contribution in [0.2, 0.25) is 5.28 Å². The summed E-state index contributed by atoms with van der Waals surface area (Å²) in [6.07, 6.45) is 4.02. The molecule has 3 rings (SSSR count). The summed E-state index contributed by atoms with van der Waals surface area (Å²) in [5, 5.41) is 6.81. The van der Waals surface area contributed by atoms with Crippen molar-refractivity contribution in [3.05, 3.63) is 70.8 Å². The largest absolute Gasteiger partial charge is 0.365 e. The van der Waals surface area contributed by atoms with Crippen molar-refractivity contribution in [1.29, 1.82) is 0 Å². The number of aromatic nitrogens is 2. The fourth-order valence-corrected chi connectivity index (χ4v) is 3.43. The number of nitrogens with one attached hydrogen (secondary N) is 2. The monoisotopic (exact) mass is 372 g/mol. The average molecular weight is 373 g/mol. The molecule has 1 aromatic heterocycles. The van der Waals surface area contributed by atoms with Crippen molar-refractivity contribution in [2.75, 3.05) is 5.32 Å². The zero-order valence-electron chi connectivity index (χ0n) is 15.1. The summed E-state index contributed by atoms with van der Waals surface area (Å²) >= 11 is 5.71. The lowest BCUT2D eigenvalue weighted by molar-refractivity contribution is 0.479. The van der Waals surface area contributed by atoms with Gasteiger partial charge in [0.05, 0.1) is 29.9 Å². The van der Waals surface area contributed by atoms with E-state index in [0.717, 1.165) is 23.1 Å². The Morgan fingerprint density at radius 2 is 1.96 bits per heavy atom. The fraction of sp³-hybridized carbons (Fsp3) is 0.300. The quantitative estimate of drug-likeness (QED) is 0.715. The minimum Gasteiger partial charge on any atom is -0.365 e. The first-order valence-corrected chi connectivity index (χ1v) is 8.91. The summed E-state index contributed by atoms with van der Waals surface area (Å²) < 4.78 is 13.6. The number of hydrogen-bond acceptors (Lipinski definition) is 4. The molecule has 26 heavy (non-hydrogen) atoms. The van der Waals surface area contributed by atoms with Crippen molar-refractivity contribution in [1.82, 2.24) is 15.3 Å². The lowest BCUT2D eigenvalue weighted by Gasteiger charge is -2.27. The number of nitrogens with zero attached hydrogens (tertiary/aromatic N) is 2. The molecule has 136 valence electrons. The normalized spacial score (nSPS) is 14.4. The van der Waals surface area contributed by atoms with E-state index in [2.05, 4.69) is 48.0 Å². The Kier molecular flexibility index (Phi) is 5.28. The first kappa shape index (κ1) is 18.4. The Labute approximate surface area is 158 Å². The van der Waals surface area contributed by atoms with Gasteiger partial charge in [-0.1, -0.05) is 26.5 Å². The van der Waals surface area contributed by atoms with E-state index in [1.165, 1.54) is 11.6 Å². The van der Waals surface area contributed by atoms with Gasteiger partial charge in [-0.2, -0.15) is 0 Å². The van der Waals surface area contributed by atoms with E-state index in [1.54, 1.807) is 18.5 Å². The minimum atomic E-state index is -0.202. The number of hydrogen-bond donors (Lipinski definition) is 2. The van der Waals surface area contributed by atoms with Gasteiger partial charge in [0.15, 0.2) is 0 Å². The summed E-state index contributed by atoms with van der Waals surface area (Å²) in [4.78, 5) is 7.90. The van der Waals surface area contributed by atoms with Gasteiger partial charge in [-0.3, -0.25) is 0 Å². The molecule has 6 heteroatoms. The van der Waals surface area contributed by atoms with Gasteiger partial charge >= 0.3 is 0 Å². The topological polar surface area (TPSA) is 49.8 Å². The zero-order chi connectivity index (χ0) is 18.8. The number of rotatable bonds is 6. The van der Waals surface area contributed by atoms with Crippen molar-refractivity contribution in [3.8, 4) is 0 Å². The van der Waals surface area contributed by atoms with Crippen LogP contribution in [0.3, 0.4) is 0 Å². The van der Waals surface area contributed by atoms with Crippen molar-refractivity contribution in [2.24, 2.45) is 5.92 Å². The molecule has 1 atom stereocenters. The number of halogens is 2. The number of anilines is 1. The van der Waals surface area contributed by atoms with Gasteiger partial charge in [0.1, 0.15) is 5.82 Å². The van der Waals surface area contributed by atoms with Crippen LogP contribution in [0.25, 0.3) is 5.57 Å². The molecule has 1 heterocycles. The van der Waals surface area contributed by atoms with Gasteiger partial charge in [0.2, 0.25) is 5.28 Å². The van der Waals surface area contributed by atoms with Crippen LogP contribution in [0.15, 0.2) is 48.6 Å². The maximum Gasteiger partial charge on any atom is 0.222 e. The Hall–Kier alpha value is -2.40. The smallest absolute Gasteiger partial charge is 0.222 e. The molecular formula is C20H22ClFN4. The van der Waals surface area contributed by atoms with Crippen LogP contribution in [0.4, 0.5) is 10.1 Å². The molecule has 0 amide bonds. The molecule has 1 aromatic carbocycles.